The molecule has 19 heteroatoms. The highest BCUT2D eigenvalue weighted by Gasteiger charge is 2.53. The molecule has 0 spiro atoms. The maximum absolute atomic E-state index is 13.2. The molecule has 0 unspecified atom stereocenters. The smallest absolute Gasteiger partial charge is 0.278 e. The zero-order valence-electron chi connectivity index (χ0n) is 22.8. The summed E-state index contributed by atoms with van der Waals surface area (Å²) >= 11 is 3.60. The Morgan fingerprint density at radius 1 is 1.34 bits per heavy atom. The van der Waals surface area contributed by atoms with Gasteiger partial charge in [-0.1, -0.05) is 5.16 Å². The molecule has 226 valence electrons. The highest BCUT2D eigenvalue weighted by atomic mass is 32.2. The number of β-lactam (4-membered cyclic amide) rings is 1. The standard InChI is InChI=1S/C25H23N11O5S3/c1-41-32-16(20-31-25(28)44-33-20)21(37)30-17-22(38)36-18(24(39)40)12(9-43-23(17)36)6-34-4-2-11-3-5-35(14(11)7-34)8-15-29-13(10-42-15)19(26)27/h2-5,7,10,17,23H,6,8-9H2,1H3,(H6-,26,27,28,30,31,33,37,39,40)/t17-,23-/m1/s1. The van der Waals surface area contributed by atoms with Crippen LogP contribution in [-0.2, 0) is 32.3 Å². The minimum absolute atomic E-state index is 0.0583. The summed E-state index contributed by atoms with van der Waals surface area (Å²) in [7, 11) is 1.24. The molecule has 6 heterocycles. The maximum atomic E-state index is 13.2. The van der Waals surface area contributed by atoms with Gasteiger partial charge in [-0.05, 0) is 6.07 Å². The summed E-state index contributed by atoms with van der Waals surface area (Å²) in [5.74, 6) is -2.72. The molecule has 16 nitrogen and oxygen atoms in total. The van der Waals surface area contributed by atoms with Crippen molar-refractivity contribution in [1.82, 2.24) is 29.1 Å². The fourth-order valence-electron chi connectivity index (χ4n) is 4.89. The number of nitrogens with zero attached hydrogens (tertiary/aromatic N) is 7. The molecule has 2 aliphatic rings. The van der Waals surface area contributed by atoms with Gasteiger partial charge in [0, 0.05) is 45.9 Å². The van der Waals surface area contributed by atoms with Gasteiger partial charge in [-0.25, -0.2) is 4.98 Å². The minimum atomic E-state index is -1.48. The summed E-state index contributed by atoms with van der Waals surface area (Å²) in [4.78, 5) is 52.7. The Balaban J connectivity index is 1.21. The van der Waals surface area contributed by atoms with Gasteiger partial charge in [0.05, 0.1) is 18.2 Å². The molecule has 0 aromatic carbocycles. The number of hydrogen-bond acceptors (Lipinski definition) is 14. The second kappa shape index (κ2) is 11.7. The third-order valence-electron chi connectivity index (χ3n) is 6.86. The van der Waals surface area contributed by atoms with Gasteiger partial charge < -0.3 is 36.1 Å². The van der Waals surface area contributed by atoms with Crippen molar-refractivity contribution in [2.24, 2.45) is 10.9 Å². The number of carboxylic acid groups (broad SMARTS) is 1. The zero-order chi connectivity index (χ0) is 31.1. The molecular formula is C25H23N11O5S3. The number of hydrogen-bond donors (Lipinski definition) is 4. The number of carbonyl (C=O) groups excluding carboxylic acids is 3. The third-order valence-corrected chi connectivity index (χ3v) is 9.57. The number of thiazole rings is 1. The molecule has 1 fully saturated rings. The number of pyridine rings is 1. The largest absolute Gasteiger partial charge is 0.543 e. The Morgan fingerprint density at radius 3 is 2.84 bits per heavy atom. The van der Waals surface area contributed by atoms with Crippen LogP contribution in [0.4, 0.5) is 5.13 Å². The van der Waals surface area contributed by atoms with Crippen molar-refractivity contribution < 1.29 is 28.9 Å². The first-order valence-corrected chi connectivity index (χ1v) is 15.5. The Hall–Kier alpha value is -4.88. The van der Waals surface area contributed by atoms with E-state index in [2.05, 4.69) is 24.8 Å². The number of amides is 2. The number of carbonyl (C=O) groups is 3. The zero-order valence-corrected chi connectivity index (χ0v) is 25.2. The fourth-order valence-corrected chi connectivity index (χ4v) is 7.45. The maximum Gasteiger partial charge on any atom is 0.278 e. The van der Waals surface area contributed by atoms with Crippen LogP contribution in [0, 0.1) is 5.41 Å². The van der Waals surface area contributed by atoms with E-state index in [0.29, 0.717) is 17.8 Å². The molecule has 0 radical (unpaired) electrons. The summed E-state index contributed by atoms with van der Waals surface area (Å²) in [6.07, 6.45) is 5.64. The number of nitrogen functional groups attached to an aromatic ring is 2. The summed E-state index contributed by atoms with van der Waals surface area (Å²) in [6, 6.07) is 2.86. The van der Waals surface area contributed by atoms with Crippen molar-refractivity contribution in [3.63, 3.8) is 0 Å². The van der Waals surface area contributed by atoms with E-state index in [4.69, 9.17) is 21.7 Å². The number of nitrogens with one attached hydrogen (secondary N) is 2. The van der Waals surface area contributed by atoms with Crippen LogP contribution in [-0.4, -0.2) is 77.4 Å². The van der Waals surface area contributed by atoms with Crippen LogP contribution in [0.5, 0.6) is 0 Å². The minimum Gasteiger partial charge on any atom is -0.543 e. The van der Waals surface area contributed by atoms with Gasteiger partial charge in [-0.3, -0.25) is 19.9 Å². The number of thioether (sulfide) groups is 1. The van der Waals surface area contributed by atoms with Crippen molar-refractivity contribution in [2.75, 3.05) is 18.6 Å². The molecule has 0 saturated carbocycles. The lowest BCUT2D eigenvalue weighted by Crippen LogP contribution is -2.71. The molecule has 2 amide bonds. The molecule has 0 aliphatic carbocycles. The van der Waals surface area contributed by atoms with Crippen molar-refractivity contribution in [3.8, 4) is 0 Å². The SMILES string of the molecule is CON=C(C(=O)N[C@@H]1C(=O)N2C(C(=O)[O-])=C(C[n+]3ccc4ccn(Cc5nc(C(=N)N)cs5)c4c3)CS[C@H]12)c1nsc(N)n1. The van der Waals surface area contributed by atoms with Crippen molar-refractivity contribution in [3.05, 3.63) is 63.9 Å². The summed E-state index contributed by atoms with van der Waals surface area (Å²) in [5, 5.41) is 29.1. The second-order valence-electron chi connectivity index (χ2n) is 9.62. The van der Waals surface area contributed by atoms with E-state index < -0.39 is 29.2 Å². The van der Waals surface area contributed by atoms with Crippen LogP contribution < -0.4 is 26.5 Å². The van der Waals surface area contributed by atoms with Gasteiger partial charge in [-0.2, -0.15) is 13.9 Å². The average Bonchev–Trinajstić information content (AvgIpc) is 3.75. The topological polar surface area (TPSA) is 234 Å². The normalized spacial score (nSPS) is 18.2. The number of amidine groups is 1. The molecule has 6 rings (SSSR count). The highest BCUT2D eigenvalue weighted by molar-refractivity contribution is 8.00. The molecule has 1 saturated heterocycles. The lowest BCUT2D eigenvalue weighted by Gasteiger charge is -2.50. The first kappa shape index (κ1) is 29.2. The lowest BCUT2D eigenvalue weighted by atomic mass is 10.0. The van der Waals surface area contributed by atoms with Gasteiger partial charge in [0.2, 0.25) is 11.5 Å². The van der Waals surface area contributed by atoms with E-state index in [9.17, 15) is 19.5 Å². The van der Waals surface area contributed by atoms with E-state index in [-0.39, 0.29) is 40.5 Å². The van der Waals surface area contributed by atoms with Crippen molar-refractivity contribution in [1.29, 1.82) is 5.41 Å². The van der Waals surface area contributed by atoms with Crippen LogP contribution in [0.25, 0.3) is 10.9 Å². The first-order chi connectivity index (χ1) is 21.1. The fraction of sp³-hybridized carbons (Fsp3) is 0.240. The summed E-state index contributed by atoms with van der Waals surface area (Å²) in [5.41, 5.74) is 12.5. The van der Waals surface area contributed by atoms with Crippen LogP contribution in [0.3, 0.4) is 0 Å². The molecule has 4 aromatic rings. The van der Waals surface area contributed by atoms with Crippen molar-refractivity contribution in [2.45, 2.75) is 24.5 Å². The van der Waals surface area contributed by atoms with E-state index in [0.717, 1.165) is 32.3 Å². The first-order valence-electron chi connectivity index (χ1n) is 12.8. The third kappa shape index (κ3) is 5.35. The van der Waals surface area contributed by atoms with E-state index in [1.807, 2.05) is 39.9 Å². The monoisotopic (exact) mass is 653 g/mol. The quantitative estimate of drug-likeness (QED) is 0.0511. The predicted molar refractivity (Wildman–Crippen MR) is 159 cm³/mol. The van der Waals surface area contributed by atoms with Crippen LogP contribution in [0.1, 0.15) is 16.5 Å². The Morgan fingerprint density at radius 2 is 2.16 bits per heavy atom. The molecule has 2 atom stereocenters. The number of nitrogens with two attached hydrogens (primary N) is 2. The number of fused-ring (bicyclic) bond motifs is 2. The summed E-state index contributed by atoms with van der Waals surface area (Å²) < 4.78 is 7.80. The number of carboxylic acids is 1. The number of anilines is 1. The van der Waals surface area contributed by atoms with Gasteiger partial charge in [0.25, 0.3) is 11.8 Å². The molecular weight excluding hydrogens is 631 g/mol. The Kier molecular flexibility index (Phi) is 7.74. The Bertz CT molecular complexity index is 1890. The van der Waals surface area contributed by atoms with Gasteiger partial charge in [-0.15, -0.1) is 23.1 Å². The number of rotatable bonds is 10. The van der Waals surface area contributed by atoms with Crippen molar-refractivity contribution >= 4 is 80.0 Å². The number of oxime groups is 1. The van der Waals surface area contributed by atoms with Gasteiger partial charge in [0.1, 0.15) is 40.6 Å². The van der Waals surface area contributed by atoms with E-state index >= 15 is 0 Å². The molecule has 0 bridgehead atoms. The van der Waals surface area contributed by atoms with Crippen LogP contribution in [0.15, 0.2) is 52.5 Å². The lowest BCUT2D eigenvalue weighted by molar-refractivity contribution is -0.687. The van der Waals surface area contributed by atoms with Crippen LogP contribution >= 0.6 is 34.6 Å². The highest BCUT2D eigenvalue weighted by Crippen LogP contribution is 2.40. The van der Waals surface area contributed by atoms with Crippen LogP contribution in [0.2, 0.25) is 0 Å². The second-order valence-corrected chi connectivity index (χ2v) is 12.5. The number of aliphatic carboxylic acids is 1. The predicted octanol–water partition coefficient (Wildman–Crippen LogP) is -1.39. The van der Waals surface area contributed by atoms with Gasteiger partial charge in [0.15, 0.2) is 24.1 Å². The van der Waals surface area contributed by atoms with Gasteiger partial charge >= 0.3 is 0 Å². The average molecular weight is 654 g/mol. The molecule has 2 aliphatic heterocycles. The number of aromatic nitrogens is 5. The summed E-state index contributed by atoms with van der Waals surface area (Å²) in [6.45, 7) is 0.659. The Labute approximate surface area is 260 Å². The molecule has 44 heavy (non-hydrogen) atoms. The molecule has 4 aromatic heterocycles. The molecule has 6 N–H and O–H groups in total. The van der Waals surface area contributed by atoms with E-state index in [1.54, 1.807) is 5.38 Å². The van der Waals surface area contributed by atoms with E-state index in [1.165, 1.54) is 30.2 Å².